The molecular formula is C14H22N2O. The molecule has 1 rings (SSSR count). The Kier molecular flexibility index (Phi) is 5.16. The standard InChI is InChI=1S/C14H22N2O/c1-11(2)15-10-14(16(4)12(3)17)13-8-6-5-7-9-13/h5-9,11,14-15H,10H2,1-4H3/t14-/m1/s1. The van der Waals surface area contributed by atoms with E-state index in [1.54, 1.807) is 11.8 Å². The number of likely N-dealkylation sites (N-methyl/N-ethyl adjacent to an activating group) is 1. The van der Waals surface area contributed by atoms with E-state index in [4.69, 9.17) is 0 Å². The van der Waals surface area contributed by atoms with Gasteiger partial charge in [0.15, 0.2) is 0 Å². The summed E-state index contributed by atoms with van der Waals surface area (Å²) in [5, 5.41) is 3.39. The van der Waals surface area contributed by atoms with Gasteiger partial charge in [-0.05, 0) is 5.56 Å². The van der Waals surface area contributed by atoms with Crippen molar-refractivity contribution in [2.24, 2.45) is 0 Å². The first-order chi connectivity index (χ1) is 8.02. The summed E-state index contributed by atoms with van der Waals surface area (Å²) in [6, 6.07) is 10.6. The third-order valence-corrected chi connectivity index (χ3v) is 2.87. The monoisotopic (exact) mass is 234 g/mol. The van der Waals surface area contributed by atoms with Crippen molar-refractivity contribution in [3.8, 4) is 0 Å². The second-order valence-electron chi connectivity index (χ2n) is 4.62. The molecule has 17 heavy (non-hydrogen) atoms. The first-order valence-electron chi connectivity index (χ1n) is 6.04. The topological polar surface area (TPSA) is 32.3 Å². The summed E-state index contributed by atoms with van der Waals surface area (Å²) in [6.07, 6.45) is 0. The zero-order chi connectivity index (χ0) is 12.8. The first-order valence-corrected chi connectivity index (χ1v) is 6.04. The van der Waals surface area contributed by atoms with Gasteiger partial charge in [-0.3, -0.25) is 4.79 Å². The number of hydrogen-bond acceptors (Lipinski definition) is 2. The van der Waals surface area contributed by atoms with E-state index in [0.29, 0.717) is 6.04 Å². The number of carbonyl (C=O) groups excluding carboxylic acids is 1. The van der Waals surface area contributed by atoms with E-state index in [9.17, 15) is 4.79 Å². The predicted molar refractivity (Wildman–Crippen MR) is 70.8 cm³/mol. The van der Waals surface area contributed by atoms with Crippen molar-refractivity contribution in [2.45, 2.75) is 32.9 Å². The molecule has 0 heterocycles. The van der Waals surface area contributed by atoms with Crippen LogP contribution in [0.2, 0.25) is 0 Å². The van der Waals surface area contributed by atoms with Crippen LogP contribution in [0, 0.1) is 0 Å². The molecule has 0 bridgehead atoms. The number of nitrogens with one attached hydrogen (secondary N) is 1. The molecule has 0 aliphatic rings. The van der Waals surface area contributed by atoms with Crippen LogP contribution in [-0.2, 0) is 4.79 Å². The highest BCUT2D eigenvalue weighted by atomic mass is 16.2. The average Bonchev–Trinajstić information content (AvgIpc) is 2.30. The largest absolute Gasteiger partial charge is 0.338 e. The van der Waals surface area contributed by atoms with Crippen LogP contribution in [0.5, 0.6) is 0 Å². The van der Waals surface area contributed by atoms with Crippen LogP contribution in [0.15, 0.2) is 30.3 Å². The van der Waals surface area contributed by atoms with Gasteiger partial charge in [0.2, 0.25) is 5.91 Å². The Morgan fingerprint density at radius 2 is 1.88 bits per heavy atom. The highest BCUT2D eigenvalue weighted by Gasteiger charge is 2.18. The van der Waals surface area contributed by atoms with Crippen molar-refractivity contribution in [1.82, 2.24) is 10.2 Å². The summed E-state index contributed by atoms with van der Waals surface area (Å²) >= 11 is 0. The van der Waals surface area contributed by atoms with Gasteiger partial charge in [0.05, 0.1) is 6.04 Å². The van der Waals surface area contributed by atoms with E-state index in [1.165, 1.54) is 5.56 Å². The molecule has 0 fully saturated rings. The molecule has 1 N–H and O–H groups in total. The lowest BCUT2D eigenvalue weighted by molar-refractivity contribution is -0.129. The minimum Gasteiger partial charge on any atom is -0.338 e. The fourth-order valence-corrected chi connectivity index (χ4v) is 1.72. The van der Waals surface area contributed by atoms with Crippen LogP contribution in [0.1, 0.15) is 32.4 Å². The summed E-state index contributed by atoms with van der Waals surface area (Å²) in [6.45, 7) is 6.59. The molecule has 94 valence electrons. The van der Waals surface area contributed by atoms with Gasteiger partial charge in [0, 0.05) is 26.6 Å². The molecule has 0 saturated heterocycles. The molecule has 1 aromatic rings. The Hall–Kier alpha value is -1.35. The average molecular weight is 234 g/mol. The summed E-state index contributed by atoms with van der Waals surface area (Å²) in [5.41, 5.74) is 1.17. The molecule has 0 saturated carbocycles. The molecule has 1 aromatic carbocycles. The van der Waals surface area contributed by atoms with Gasteiger partial charge in [-0.2, -0.15) is 0 Å². The Labute approximate surface area is 104 Å². The summed E-state index contributed by atoms with van der Waals surface area (Å²) in [4.78, 5) is 13.3. The second-order valence-corrected chi connectivity index (χ2v) is 4.62. The molecule has 0 aromatic heterocycles. The molecular weight excluding hydrogens is 212 g/mol. The van der Waals surface area contributed by atoms with Crippen molar-refractivity contribution in [1.29, 1.82) is 0 Å². The number of nitrogens with zero attached hydrogens (tertiary/aromatic N) is 1. The second kappa shape index (κ2) is 6.40. The quantitative estimate of drug-likeness (QED) is 0.847. The van der Waals surface area contributed by atoms with Crippen LogP contribution in [0.4, 0.5) is 0 Å². The van der Waals surface area contributed by atoms with E-state index in [2.05, 4.69) is 31.3 Å². The SMILES string of the molecule is CC(=O)N(C)[C@H](CNC(C)C)c1ccccc1. The van der Waals surface area contributed by atoms with Crippen molar-refractivity contribution in [3.05, 3.63) is 35.9 Å². The van der Waals surface area contributed by atoms with Gasteiger partial charge in [0.1, 0.15) is 0 Å². The smallest absolute Gasteiger partial charge is 0.219 e. The van der Waals surface area contributed by atoms with Crippen LogP contribution < -0.4 is 5.32 Å². The van der Waals surface area contributed by atoms with Gasteiger partial charge in [-0.1, -0.05) is 44.2 Å². The Morgan fingerprint density at radius 3 is 2.35 bits per heavy atom. The number of benzene rings is 1. The summed E-state index contributed by atoms with van der Waals surface area (Å²) in [7, 11) is 1.85. The lowest BCUT2D eigenvalue weighted by atomic mass is 10.1. The molecule has 0 radical (unpaired) electrons. The third kappa shape index (κ3) is 4.19. The molecule has 1 amide bonds. The number of hydrogen-bond donors (Lipinski definition) is 1. The van der Waals surface area contributed by atoms with E-state index >= 15 is 0 Å². The summed E-state index contributed by atoms with van der Waals surface area (Å²) in [5.74, 6) is 0.0874. The normalized spacial score (nSPS) is 12.5. The minimum absolute atomic E-state index is 0.0874. The van der Waals surface area contributed by atoms with Crippen LogP contribution in [0.3, 0.4) is 0 Å². The lowest BCUT2D eigenvalue weighted by Gasteiger charge is -2.28. The number of amides is 1. The fraction of sp³-hybridized carbons (Fsp3) is 0.500. The number of carbonyl (C=O) groups is 1. The highest BCUT2D eigenvalue weighted by Crippen LogP contribution is 2.18. The van der Waals surface area contributed by atoms with Crippen molar-refractivity contribution in [2.75, 3.05) is 13.6 Å². The highest BCUT2D eigenvalue weighted by molar-refractivity contribution is 5.73. The Morgan fingerprint density at radius 1 is 1.29 bits per heavy atom. The van der Waals surface area contributed by atoms with Crippen molar-refractivity contribution < 1.29 is 4.79 Å². The maximum atomic E-state index is 11.5. The zero-order valence-corrected chi connectivity index (χ0v) is 11.1. The van der Waals surface area contributed by atoms with Gasteiger partial charge >= 0.3 is 0 Å². The van der Waals surface area contributed by atoms with Crippen molar-refractivity contribution >= 4 is 5.91 Å². The molecule has 0 aliphatic heterocycles. The number of rotatable bonds is 5. The zero-order valence-electron chi connectivity index (χ0n) is 11.1. The molecule has 1 atom stereocenters. The molecule has 3 nitrogen and oxygen atoms in total. The lowest BCUT2D eigenvalue weighted by Crippen LogP contribution is -2.38. The Balaban J connectivity index is 2.83. The maximum Gasteiger partial charge on any atom is 0.219 e. The van der Waals surface area contributed by atoms with Gasteiger partial charge in [-0.25, -0.2) is 0 Å². The minimum atomic E-state index is 0.0874. The van der Waals surface area contributed by atoms with Crippen molar-refractivity contribution in [3.63, 3.8) is 0 Å². The van der Waals surface area contributed by atoms with Gasteiger partial charge in [-0.15, -0.1) is 0 Å². The summed E-state index contributed by atoms with van der Waals surface area (Å²) < 4.78 is 0. The van der Waals surface area contributed by atoms with Crippen LogP contribution in [-0.4, -0.2) is 30.4 Å². The maximum absolute atomic E-state index is 11.5. The first kappa shape index (κ1) is 13.7. The predicted octanol–water partition coefficient (Wildman–Crippen LogP) is 2.20. The fourth-order valence-electron chi connectivity index (χ4n) is 1.72. The molecule has 0 unspecified atom stereocenters. The van der Waals surface area contributed by atoms with E-state index < -0.39 is 0 Å². The Bertz CT molecular complexity index is 348. The van der Waals surface area contributed by atoms with Crippen LogP contribution in [0.25, 0.3) is 0 Å². The third-order valence-electron chi connectivity index (χ3n) is 2.87. The molecule has 0 aliphatic carbocycles. The van der Waals surface area contributed by atoms with Crippen LogP contribution >= 0.6 is 0 Å². The molecule has 3 heteroatoms. The molecule has 0 spiro atoms. The van der Waals surface area contributed by atoms with E-state index in [1.807, 2.05) is 25.2 Å². The van der Waals surface area contributed by atoms with E-state index in [0.717, 1.165) is 6.54 Å². The van der Waals surface area contributed by atoms with Gasteiger partial charge < -0.3 is 10.2 Å². The van der Waals surface area contributed by atoms with E-state index in [-0.39, 0.29) is 11.9 Å². The van der Waals surface area contributed by atoms with Gasteiger partial charge in [0.25, 0.3) is 0 Å².